The standard InChI is InChI=1S/C22H26N2O5S/c1-3-29-22(26)17-12-14-24(15-13-17)21(25)18-8-7-9-19(16-18)23(2)30(27,28)20-10-5-4-6-11-20/h4-11,16-17H,3,12-15H2,1-2H3. The number of likely N-dealkylation sites (tertiary alicyclic amines) is 1. The highest BCUT2D eigenvalue weighted by molar-refractivity contribution is 7.92. The van der Waals surface area contributed by atoms with Crippen LogP contribution < -0.4 is 4.31 Å². The van der Waals surface area contributed by atoms with Gasteiger partial charge >= 0.3 is 5.97 Å². The van der Waals surface area contributed by atoms with Crippen molar-refractivity contribution in [3.63, 3.8) is 0 Å². The summed E-state index contributed by atoms with van der Waals surface area (Å²) < 4.78 is 32.0. The molecule has 1 amide bonds. The lowest BCUT2D eigenvalue weighted by molar-refractivity contribution is -0.149. The zero-order chi connectivity index (χ0) is 21.7. The summed E-state index contributed by atoms with van der Waals surface area (Å²) in [6.07, 6.45) is 1.12. The van der Waals surface area contributed by atoms with Gasteiger partial charge in [-0.05, 0) is 50.1 Å². The van der Waals surface area contributed by atoms with Gasteiger partial charge in [0.2, 0.25) is 0 Å². The van der Waals surface area contributed by atoms with Crippen molar-refractivity contribution in [2.75, 3.05) is 31.0 Å². The van der Waals surface area contributed by atoms with E-state index in [1.165, 1.54) is 23.5 Å². The fourth-order valence-corrected chi connectivity index (χ4v) is 4.69. The van der Waals surface area contributed by atoms with Gasteiger partial charge in [-0.3, -0.25) is 13.9 Å². The maximum atomic E-state index is 12.9. The first-order chi connectivity index (χ1) is 14.3. The van der Waals surface area contributed by atoms with Crippen molar-refractivity contribution in [3.8, 4) is 0 Å². The van der Waals surface area contributed by atoms with Crippen molar-refractivity contribution < 1.29 is 22.7 Å². The Balaban J connectivity index is 1.73. The number of benzene rings is 2. The Morgan fingerprint density at radius 2 is 1.73 bits per heavy atom. The monoisotopic (exact) mass is 430 g/mol. The van der Waals surface area contributed by atoms with E-state index in [-0.39, 0.29) is 22.7 Å². The highest BCUT2D eigenvalue weighted by atomic mass is 32.2. The molecule has 1 saturated heterocycles. The van der Waals surface area contributed by atoms with Crippen LogP contribution in [0.25, 0.3) is 0 Å². The number of hydrogen-bond donors (Lipinski definition) is 0. The van der Waals surface area contributed by atoms with E-state index in [0.717, 1.165) is 0 Å². The molecule has 0 saturated carbocycles. The molecule has 8 heteroatoms. The van der Waals surface area contributed by atoms with Gasteiger partial charge in [-0.15, -0.1) is 0 Å². The van der Waals surface area contributed by atoms with E-state index in [9.17, 15) is 18.0 Å². The summed E-state index contributed by atoms with van der Waals surface area (Å²) in [5.41, 5.74) is 0.823. The number of ether oxygens (including phenoxy) is 1. The van der Waals surface area contributed by atoms with Crippen LogP contribution in [0.3, 0.4) is 0 Å². The summed E-state index contributed by atoms with van der Waals surface area (Å²) in [4.78, 5) is 26.7. The molecule has 0 radical (unpaired) electrons. The Morgan fingerprint density at radius 3 is 2.37 bits per heavy atom. The molecule has 30 heavy (non-hydrogen) atoms. The predicted molar refractivity (Wildman–Crippen MR) is 114 cm³/mol. The Bertz CT molecular complexity index is 999. The lowest BCUT2D eigenvalue weighted by Crippen LogP contribution is -2.40. The van der Waals surface area contributed by atoms with Crippen LogP contribution in [-0.2, 0) is 19.6 Å². The number of nitrogens with zero attached hydrogens (tertiary/aromatic N) is 2. The van der Waals surface area contributed by atoms with Crippen LogP contribution >= 0.6 is 0 Å². The van der Waals surface area contributed by atoms with Crippen molar-refractivity contribution in [1.29, 1.82) is 0 Å². The van der Waals surface area contributed by atoms with E-state index in [0.29, 0.717) is 43.8 Å². The van der Waals surface area contributed by atoms with E-state index in [1.54, 1.807) is 54.3 Å². The van der Waals surface area contributed by atoms with Crippen molar-refractivity contribution in [2.24, 2.45) is 5.92 Å². The second kappa shape index (κ2) is 9.30. The Labute approximate surface area is 177 Å². The van der Waals surface area contributed by atoms with Gasteiger partial charge in [0.05, 0.1) is 23.1 Å². The molecule has 1 heterocycles. The summed E-state index contributed by atoms with van der Waals surface area (Å²) in [5, 5.41) is 0. The van der Waals surface area contributed by atoms with Gasteiger partial charge < -0.3 is 9.64 Å². The van der Waals surface area contributed by atoms with Crippen LogP contribution in [0.4, 0.5) is 5.69 Å². The molecule has 160 valence electrons. The van der Waals surface area contributed by atoms with Gasteiger partial charge in [0.1, 0.15) is 0 Å². The Hall–Kier alpha value is -2.87. The number of amides is 1. The van der Waals surface area contributed by atoms with Crippen molar-refractivity contribution in [3.05, 3.63) is 60.2 Å². The SMILES string of the molecule is CCOC(=O)C1CCN(C(=O)c2cccc(N(C)S(=O)(=O)c3ccccc3)c2)CC1. The minimum absolute atomic E-state index is 0.176. The molecule has 7 nitrogen and oxygen atoms in total. The van der Waals surface area contributed by atoms with Crippen LogP contribution in [0.2, 0.25) is 0 Å². The fourth-order valence-electron chi connectivity index (χ4n) is 3.49. The zero-order valence-corrected chi connectivity index (χ0v) is 18.0. The third-order valence-corrected chi connectivity index (χ3v) is 7.06. The zero-order valence-electron chi connectivity index (χ0n) is 17.2. The quantitative estimate of drug-likeness (QED) is 0.658. The summed E-state index contributed by atoms with van der Waals surface area (Å²) in [7, 11) is -2.26. The minimum atomic E-state index is -3.72. The maximum Gasteiger partial charge on any atom is 0.309 e. The summed E-state index contributed by atoms with van der Waals surface area (Å²) in [5.74, 6) is -0.563. The highest BCUT2D eigenvalue weighted by Crippen LogP contribution is 2.25. The van der Waals surface area contributed by atoms with E-state index >= 15 is 0 Å². The van der Waals surface area contributed by atoms with Gasteiger partial charge in [-0.25, -0.2) is 8.42 Å². The first-order valence-corrected chi connectivity index (χ1v) is 11.4. The van der Waals surface area contributed by atoms with E-state index in [2.05, 4.69) is 0 Å². The number of sulfonamides is 1. The summed E-state index contributed by atoms with van der Waals surface area (Å²) >= 11 is 0. The molecule has 0 bridgehead atoms. The molecule has 0 aliphatic carbocycles. The third kappa shape index (κ3) is 4.64. The van der Waals surface area contributed by atoms with Gasteiger partial charge in [0.25, 0.3) is 15.9 Å². The smallest absolute Gasteiger partial charge is 0.309 e. The van der Waals surface area contributed by atoms with Crippen LogP contribution in [0, 0.1) is 5.92 Å². The molecule has 3 rings (SSSR count). The lowest BCUT2D eigenvalue weighted by Gasteiger charge is -2.31. The van der Waals surface area contributed by atoms with Crippen molar-refractivity contribution >= 4 is 27.6 Å². The largest absolute Gasteiger partial charge is 0.466 e. The fraction of sp³-hybridized carbons (Fsp3) is 0.364. The normalized spacial score (nSPS) is 14.9. The number of piperidine rings is 1. The van der Waals surface area contributed by atoms with Crippen molar-refractivity contribution in [1.82, 2.24) is 4.90 Å². The maximum absolute atomic E-state index is 12.9. The molecule has 1 aliphatic heterocycles. The molecule has 0 unspecified atom stereocenters. The molecule has 1 aliphatic rings. The number of carbonyl (C=O) groups is 2. The lowest BCUT2D eigenvalue weighted by atomic mass is 9.96. The predicted octanol–water partition coefficient (Wildman–Crippen LogP) is 2.93. The number of hydrogen-bond acceptors (Lipinski definition) is 5. The highest BCUT2D eigenvalue weighted by Gasteiger charge is 2.29. The topological polar surface area (TPSA) is 84.0 Å². The Kier molecular flexibility index (Phi) is 6.77. The molecule has 0 aromatic heterocycles. The van der Waals surface area contributed by atoms with Crippen LogP contribution in [0.1, 0.15) is 30.1 Å². The molecular weight excluding hydrogens is 404 g/mol. The number of rotatable bonds is 6. The van der Waals surface area contributed by atoms with E-state index < -0.39 is 10.0 Å². The Morgan fingerprint density at radius 1 is 1.07 bits per heavy atom. The van der Waals surface area contributed by atoms with Gasteiger partial charge in [0, 0.05) is 25.7 Å². The average molecular weight is 431 g/mol. The molecular formula is C22H26N2O5S. The van der Waals surface area contributed by atoms with E-state index in [4.69, 9.17) is 4.74 Å². The number of esters is 1. The molecule has 0 N–H and O–H groups in total. The van der Waals surface area contributed by atoms with Crippen LogP contribution in [-0.4, -0.2) is 51.9 Å². The molecule has 2 aromatic carbocycles. The second-order valence-electron chi connectivity index (χ2n) is 7.15. The molecule has 1 fully saturated rings. The van der Waals surface area contributed by atoms with Gasteiger partial charge in [0.15, 0.2) is 0 Å². The minimum Gasteiger partial charge on any atom is -0.466 e. The molecule has 0 atom stereocenters. The first-order valence-electron chi connectivity index (χ1n) is 9.94. The second-order valence-corrected chi connectivity index (χ2v) is 9.12. The number of carbonyl (C=O) groups excluding carboxylic acids is 2. The third-order valence-electron chi connectivity index (χ3n) is 5.26. The van der Waals surface area contributed by atoms with E-state index in [1.807, 2.05) is 0 Å². The molecule has 2 aromatic rings. The van der Waals surface area contributed by atoms with Crippen LogP contribution in [0.5, 0.6) is 0 Å². The summed E-state index contributed by atoms with van der Waals surface area (Å²) in [6.45, 7) is 3.05. The average Bonchev–Trinajstić information content (AvgIpc) is 2.79. The van der Waals surface area contributed by atoms with Crippen LogP contribution in [0.15, 0.2) is 59.5 Å². The first kappa shape index (κ1) is 21.8. The van der Waals surface area contributed by atoms with Gasteiger partial charge in [-0.2, -0.15) is 0 Å². The van der Waals surface area contributed by atoms with Crippen molar-refractivity contribution in [2.45, 2.75) is 24.7 Å². The molecule has 0 spiro atoms. The summed E-state index contributed by atoms with van der Waals surface area (Å²) in [6, 6.07) is 14.7. The number of anilines is 1. The van der Waals surface area contributed by atoms with Gasteiger partial charge in [-0.1, -0.05) is 24.3 Å².